The topological polar surface area (TPSA) is 50.3 Å². The lowest BCUT2D eigenvalue weighted by atomic mass is 10.1. The average Bonchev–Trinajstić information content (AvgIpc) is 2.46. The monoisotopic (exact) mass is 344 g/mol. The van der Waals surface area contributed by atoms with Crippen LogP contribution >= 0.6 is 15.9 Å². The maximum absolute atomic E-state index is 5.23. The summed E-state index contributed by atoms with van der Waals surface area (Å²) in [5, 5.41) is 3.25. The van der Waals surface area contributed by atoms with E-state index >= 15 is 0 Å². The van der Waals surface area contributed by atoms with E-state index in [1.54, 1.807) is 13.4 Å². The quantitative estimate of drug-likeness (QED) is 0.744. The average molecular weight is 345 g/mol. The first-order valence-electron chi connectivity index (χ1n) is 7.19. The largest absolute Gasteiger partial charge is 0.383 e. The normalized spacial score (nSPS) is 10.9. The number of nitrogens with zero attached hydrogens (tertiary/aromatic N) is 3. The van der Waals surface area contributed by atoms with Crippen molar-refractivity contribution in [3.8, 4) is 0 Å². The first kappa shape index (κ1) is 17.2. The molecule has 0 saturated heterocycles. The van der Waals surface area contributed by atoms with Gasteiger partial charge in [-0.1, -0.05) is 13.8 Å². The fraction of sp³-hybridized carbons (Fsp3) is 0.714. The summed E-state index contributed by atoms with van der Waals surface area (Å²) in [6, 6.07) is 0.450. The third-order valence-electron chi connectivity index (χ3n) is 3.31. The molecule has 0 aliphatic heterocycles. The molecule has 0 aliphatic rings. The molecule has 1 rings (SSSR count). The van der Waals surface area contributed by atoms with Crippen molar-refractivity contribution >= 4 is 27.6 Å². The molecule has 1 aromatic rings. The Morgan fingerprint density at radius 1 is 1.30 bits per heavy atom. The summed E-state index contributed by atoms with van der Waals surface area (Å²) >= 11 is 3.63. The first-order valence-corrected chi connectivity index (χ1v) is 7.98. The third kappa shape index (κ3) is 4.31. The summed E-state index contributed by atoms with van der Waals surface area (Å²) in [6.07, 6.45) is 3.76. The molecule has 5 nitrogen and oxygen atoms in total. The Kier molecular flexibility index (Phi) is 7.84. The van der Waals surface area contributed by atoms with Crippen LogP contribution in [0.3, 0.4) is 0 Å². The van der Waals surface area contributed by atoms with E-state index in [0.717, 1.165) is 42.0 Å². The van der Waals surface area contributed by atoms with Crippen LogP contribution in [0.5, 0.6) is 0 Å². The van der Waals surface area contributed by atoms with Crippen molar-refractivity contribution in [1.82, 2.24) is 9.97 Å². The fourth-order valence-electron chi connectivity index (χ4n) is 2.23. The molecule has 0 aromatic carbocycles. The lowest BCUT2D eigenvalue weighted by molar-refractivity contribution is 0.202. The van der Waals surface area contributed by atoms with Gasteiger partial charge >= 0.3 is 0 Å². The summed E-state index contributed by atoms with van der Waals surface area (Å²) in [5.41, 5.74) is 0. The fourth-order valence-corrected chi connectivity index (χ4v) is 2.80. The van der Waals surface area contributed by atoms with Crippen LogP contribution in [0.1, 0.15) is 33.6 Å². The first-order chi connectivity index (χ1) is 9.69. The van der Waals surface area contributed by atoms with Gasteiger partial charge in [-0.15, -0.1) is 0 Å². The summed E-state index contributed by atoms with van der Waals surface area (Å²) < 4.78 is 6.16. The number of rotatable bonds is 9. The minimum atomic E-state index is 0.450. The van der Waals surface area contributed by atoms with Crippen molar-refractivity contribution in [1.29, 1.82) is 0 Å². The number of anilines is 2. The summed E-state index contributed by atoms with van der Waals surface area (Å²) in [5.74, 6) is 1.77. The van der Waals surface area contributed by atoms with Crippen molar-refractivity contribution in [2.45, 2.75) is 39.7 Å². The van der Waals surface area contributed by atoms with E-state index in [9.17, 15) is 0 Å². The van der Waals surface area contributed by atoms with Gasteiger partial charge in [-0.05, 0) is 35.7 Å². The molecule has 0 saturated carbocycles. The van der Waals surface area contributed by atoms with Crippen LogP contribution in [0.15, 0.2) is 10.8 Å². The highest BCUT2D eigenvalue weighted by molar-refractivity contribution is 9.10. The zero-order valence-electron chi connectivity index (χ0n) is 12.8. The number of hydrogen-bond donors (Lipinski definition) is 1. The van der Waals surface area contributed by atoms with Crippen molar-refractivity contribution in [3.05, 3.63) is 10.8 Å². The van der Waals surface area contributed by atoms with Gasteiger partial charge in [-0.3, -0.25) is 0 Å². The Bertz CT molecular complexity index is 399. The van der Waals surface area contributed by atoms with Crippen molar-refractivity contribution in [3.63, 3.8) is 0 Å². The highest BCUT2D eigenvalue weighted by Crippen LogP contribution is 2.31. The molecule has 0 atom stereocenters. The molecule has 0 radical (unpaired) electrons. The van der Waals surface area contributed by atoms with E-state index in [1.807, 2.05) is 0 Å². The Labute approximate surface area is 130 Å². The molecular weight excluding hydrogens is 320 g/mol. The number of ether oxygens (including phenoxy) is 1. The second-order valence-corrected chi connectivity index (χ2v) is 5.34. The van der Waals surface area contributed by atoms with Crippen LogP contribution in [0.4, 0.5) is 11.6 Å². The second-order valence-electron chi connectivity index (χ2n) is 4.55. The van der Waals surface area contributed by atoms with Crippen LogP contribution in [-0.2, 0) is 4.74 Å². The van der Waals surface area contributed by atoms with Crippen molar-refractivity contribution < 1.29 is 4.74 Å². The van der Waals surface area contributed by atoms with Crippen LogP contribution in [0.25, 0.3) is 0 Å². The number of nitrogens with one attached hydrogen (secondary N) is 1. The number of aromatic nitrogens is 2. The Morgan fingerprint density at radius 3 is 2.55 bits per heavy atom. The van der Waals surface area contributed by atoms with E-state index in [4.69, 9.17) is 4.74 Å². The molecule has 1 aromatic heterocycles. The lowest BCUT2D eigenvalue weighted by Gasteiger charge is -2.32. The van der Waals surface area contributed by atoms with Gasteiger partial charge in [0.15, 0.2) is 0 Å². The van der Waals surface area contributed by atoms with Crippen molar-refractivity contribution in [2.75, 3.05) is 37.0 Å². The van der Waals surface area contributed by atoms with Gasteiger partial charge in [0.25, 0.3) is 0 Å². The van der Waals surface area contributed by atoms with Crippen molar-refractivity contribution in [2.24, 2.45) is 0 Å². The maximum Gasteiger partial charge on any atom is 0.148 e. The highest BCUT2D eigenvalue weighted by atomic mass is 79.9. The van der Waals surface area contributed by atoms with Gasteiger partial charge in [0, 0.05) is 26.2 Å². The van der Waals surface area contributed by atoms with Crippen LogP contribution in [0.2, 0.25) is 0 Å². The summed E-state index contributed by atoms with van der Waals surface area (Å²) in [4.78, 5) is 11.0. The van der Waals surface area contributed by atoms with E-state index in [0.29, 0.717) is 12.6 Å². The van der Waals surface area contributed by atoms with Gasteiger partial charge in [0.1, 0.15) is 22.4 Å². The number of halogens is 1. The highest BCUT2D eigenvalue weighted by Gasteiger charge is 2.21. The molecule has 0 fully saturated rings. The molecule has 0 spiro atoms. The summed E-state index contributed by atoms with van der Waals surface area (Å²) in [6.45, 7) is 8.80. The molecule has 6 heteroatoms. The van der Waals surface area contributed by atoms with E-state index in [-0.39, 0.29) is 0 Å². The molecule has 114 valence electrons. The Hall–Kier alpha value is -0.880. The Balaban J connectivity index is 3.08. The molecule has 0 amide bonds. The van der Waals surface area contributed by atoms with Crippen LogP contribution in [-0.4, -0.2) is 42.8 Å². The molecule has 0 aliphatic carbocycles. The third-order valence-corrected chi connectivity index (χ3v) is 4.04. The van der Waals surface area contributed by atoms with Crippen LogP contribution < -0.4 is 10.2 Å². The number of hydrogen-bond acceptors (Lipinski definition) is 5. The molecule has 1 N–H and O–H groups in total. The molecule has 0 bridgehead atoms. The van der Waals surface area contributed by atoms with Gasteiger partial charge in [-0.2, -0.15) is 0 Å². The lowest BCUT2D eigenvalue weighted by Crippen LogP contribution is -2.38. The minimum absolute atomic E-state index is 0.450. The van der Waals surface area contributed by atoms with Gasteiger partial charge in [0.2, 0.25) is 0 Å². The SMILES string of the molecule is CCNc1ncnc(N(CCOC)C(CC)CC)c1Br. The van der Waals surface area contributed by atoms with Gasteiger partial charge < -0.3 is 15.0 Å². The Morgan fingerprint density at radius 2 is 2.00 bits per heavy atom. The molecular formula is C14H25BrN4O. The molecule has 20 heavy (non-hydrogen) atoms. The molecule has 0 unspecified atom stereocenters. The predicted molar refractivity (Wildman–Crippen MR) is 87.5 cm³/mol. The van der Waals surface area contributed by atoms with E-state index in [2.05, 4.69) is 56.9 Å². The van der Waals surface area contributed by atoms with Gasteiger partial charge in [-0.25, -0.2) is 9.97 Å². The standard InChI is InChI=1S/C14H25BrN4O/c1-5-11(6-2)19(8-9-20-4)14-12(15)13(16-7-3)17-10-18-14/h10-11H,5-9H2,1-4H3,(H,16,17,18). The predicted octanol–water partition coefficient (Wildman–Crippen LogP) is 3.31. The maximum atomic E-state index is 5.23. The zero-order valence-corrected chi connectivity index (χ0v) is 14.4. The van der Waals surface area contributed by atoms with E-state index in [1.165, 1.54) is 0 Å². The minimum Gasteiger partial charge on any atom is -0.383 e. The van der Waals surface area contributed by atoms with E-state index < -0.39 is 0 Å². The number of methoxy groups -OCH3 is 1. The molecule has 1 heterocycles. The van der Waals surface area contributed by atoms with Crippen LogP contribution in [0, 0.1) is 0 Å². The smallest absolute Gasteiger partial charge is 0.148 e. The van der Waals surface area contributed by atoms with Gasteiger partial charge in [0.05, 0.1) is 6.61 Å². The second kappa shape index (κ2) is 9.13. The summed E-state index contributed by atoms with van der Waals surface area (Å²) in [7, 11) is 1.73. The zero-order chi connectivity index (χ0) is 15.0.